The SMILES string of the molecule is CCCN(Cc1ccc(C#N)cc1)C(=O)c1[nH]c(C)c(C(=O)OC)c1C. The molecule has 2 rings (SSSR count). The number of ether oxygens (including phenoxy) is 1. The Labute approximate surface area is 153 Å². The van der Waals surface area contributed by atoms with Crippen molar-refractivity contribution in [3.05, 3.63) is 57.9 Å². The van der Waals surface area contributed by atoms with Crippen LogP contribution in [0, 0.1) is 25.2 Å². The molecular weight excluding hydrogens is 330 g/mol. The maximum Gasteiger partial charge on any atom is 0.339 e. The van der Waals surface area contributed by atoms with Crippen molar-refractivity contribution < 1.29 is 14.3 Å². The van der Waals surface area contributed by atoms with Gasteiger partial charge in [0.15, 0.2) is 0 Å². The number of carbonyl (C=O) groups is 2. The minimum absolute atomic E-state index is 0.160. The molecule has 2 aromatic rings. The number of rotatable bonds is 6. The highest BCUT2D eigenvalue weighted by molar-refractivity contribution is 6.00. The molecule has 0 bridgehead atoms. The first kappa shape index (κ1) is 19.3. The normalized spacial score (nSPS) is 10.3. The minimum atomic E-state index is -0.454. The van der Waals surface area contributed by atoms with Crippen molar-refractivity contribution in [3.63, 3.8) is 0 Å². The molecule has 0 spiro atoms. The number of amides is 1. The molecule has 1 heterocycles. The number of nitriles is 1. The van der Waals surface area contributed by atoms with Crippen molar-refractivity contribution in [2.45, 2.75) is 33.7 Å². The van der Waals surface area contributed by atoms with E-state index in [0.29, 0.717) is 41.2 Å². The van der Waals surface area contributed by atoms with Crippen LogP contribution in [0.1, 0.15) is 56.6 Å². The molecule has 0 atom stereocenters. The molecule has 1 aromatic carbocycles. The summed E-state index contributed by atoms with van der Waals surface area (Å²) in [4.78, 5) is 29.8. The topological polar surface area (TPSA) is 86.2 Å². The molecule has 0 aliphatic carbocycles. The number of aromatic amines is 1. The molecule has 26 heavy (non-hydrogen) atoms. The summed E-state index contributed by atoms with van der Waals surface area (Å²) in [6.07, 6.45) is 0.810. The zero-order valence-corrected chi connectivity index (χ0v) is 15.5. The Balaban J connectivity index is 2.31. The van der Waals surface area contributed by atoms with Crippen LogP contribution in [0.4, 0.5) is 0 Å². The van der Waals surface area contributed by atoms with E-state index in [-0.39, 0.29) is 5.91 Å². The minimum Gasteiger partial charge on any atom is -0.465 e. The molecule has 0 aliphatic heterocycles. The van der Waals surface area contributed by atoms with Crippen LogP contribution in [0.15, 0.2) is 24.3 Å². The van der Waals surface area contributed by atoms with E-state index in [2.05, 4.69) is 11.1 Å². The smallest absolute Gasteiger partial charge is 0.339 e. The largest absolute Gasteiger partial charge is 0.465 e. The summed E-state index contributed by atoms with van der Waals surface area (Å²) >= 11 is 0. The van der Waals surface area contributed by atoms with Crippen LogP contribution in [-0.2, 0) is 11.3 Å². The van der Waals surface area contributed by atoms with Crippen molar-refractivity contribution in [2.75, 3.05) is 13.7 Å². The summed E-state index contributed by atoms with van der Waals surface area (Å²) in [6, 6.07) is 9.26. The van der Waals surface area contributed by atoms with Gasteiger partial charge in [0.2, 0.25) is 0 Å². The van der Waals surface area contributed by atoms with Crippen molar-refractivity contribution in [3.8, 4) is 6.07 Å². The molecule has 1 amide bonds. The molecule has 1 N–H and O–H groups in total. The van der Waals surface area contributed by atoms with Gasteiger partial charge >= 0.3 is 5.97 Å². The average molecular weight is 353 g/mol. The van der Waals surface area contributed by atoms with E-state index in [1.54, 1.807) is 30.9 Å². The van der Waals surface area contributed by atoms with Crippen molar-refractivity contribution in [1.29, 1.82) is 5.26 Å². The third-order valence-electron chi connectivity index (χ3n) is 4.28. The zero-order valence-electron chi connectivity index (χ0n) is 15.5. The van der Waals surface area contributed by atoms with Gasteiger partial charge in [0.05, 0.1) is 24.3 Å². The lowest BCUT2D eigenvalue weighted by atomic mass is 10.1. The maximum absolute atomic E-state index is 13.0. The van der Waals surface area contributed by atoms with Crippen LogP contribution in [0.2, 0.25) is 0 Å². The summed E-state index contributed by atoms with van der Waals surface area (Å²) in [7, 11) is 1.32. The van der Waals surface area contributed by atoms with Gasteiger partial charge in [-0.3, -0.25) is 4.79 Å². The lowest BCUT2D eigenvalue weighted by Gasteiger charge is -2.22. The summed E-state index contributed by atoms with van der Waals surface area (Å²) < 4.78 is 4.81. The number of hydrogen-bond donors (Lipinski definition) is 1. The number of nitrogens with zero attached hydrogens (tertiary/aromatic N) is 2. The standard InChI is InChI=1S/C20H23N3O3/c1-5-10-23(12-16-8-6-15(11-21)7-9-16)19(24)18-13(2)17(14(3)22-18)20(25)26-4/h6-9,22H,5,10,12H2,1-4H3. The van der Waals surface area contributed by atoms with E-state index >= 15 is 0 Å². The Bertz CT molecular complexity index is 844. The Hall–Kier alpha value is -3.07. The van der Waals surface area contributed by atoms with Crippen LogP contribution in [-0.4, -0.2) is 35.4 Å². The molecule has 0 aliphatic rings. The monoisotopic (exact) mass is 353 g/mol. The third kappa shape index (κ3) is 3.94. The fourth-order valence-electron chi connectivity index (χ4n) is 2.96. The van der Waals surface area contributed by atoms with E-state index in [0.717, 1.165) is 12.0 Å². The Morgan fingerprint density at radius 2 is 1.88 bits per heavy atom. The van der Waals surface area contributed by atoms with Crippen LogP contribution < -0.4 is 0 Å². The van der Waals surface area contributed by atoms with Crippen molar-refractivity contribution >= 4 is 11.9 Å². The summed E-state index contributed by atoms with van der Waals surface area (Å²) in [5.74, 6) is -0.614. The number of nitrogens with one attached hydrogen (secondary N) is 1. The van der Waals surface area contributed by atoms with E-state index in [1.165, 1.54) is 7.11 Å². The molecule has 0 radical (unpaired) electrons. The highest BCUT2D eigenvalue weighted by Gasteiger charge is 2.25. The summed E-state index contributed by atoms with van der Waals surface area (Å²) in [5, 5.41) is 8.90. The number of esters is 1. The second-order valence-corrected chi connectivity index (χ2v) is 6.15. The van der Waals surface area contributed by atoms with Crippen LogP contribution in [0.25, 0.3) is 0 Å². The molecule has 6 heteroatoms. The zero-order chi connectivity index (χ0) is 19.3. The number of aryl methyl sites for hydroxylation is 1. The predicted molar refractivity (Wildman–Crippen MR) is 97.8 cm³/mol. The fraction of sp³-hybridized carbons (Fsp3) is 0.350. The Morgan fingerprint density at radius 1 is 1.23 bits per heavy atom. The van der Waals surface area contributed by atoms with E-state index in [4.69, 9.17) is 10.00 Å². The van der Waals surface area contributed by atoms with Crippen LogP contribution in [0.5, 0.6) is 0 Å². The number of aromatic nitrogens is 1. The van der Waals surface area contributed by atoms with Gasteiger partial charge in [-0.1, -0.05) is 19.1 Å². The first-order valence-corrected chi connectivity index (χ1v) is 8.48. The van der Waals surface area contributed by atoms with Gasteiger partial charge in [-0.25, -0.2) is 4.79 Å². The second kappa shape index (κ2) is 8.34. The Kier molecular flexibility index (Phi) is 6.18. The average Bonchev–Trinajstić information content (AvgIpc) is 2.95. The fourth-order valence-corrected chi connectivity index (χ4v) is 2.96. The number of hydrogen-bond acceptors (Lipinski definition) is 4. The van der Waals surface area contributed by atoms with E-state index in [9.17, 15) is 9.59 Å². The maximum atomic E-state index is 13.0. The van der Waals surface area contributed by atoms with Gasteiger partial charge in [0, 0.05) is 18.8 Å². The third-order valence-corrected chi connectivity index (χ3v) is 4.28. The van der Waals surface area contributed by atoms with Crippen molar-refractivity contribution in [1.82, 2.24) is 9.88 Å². The molecule has 0 saturated carbocycles. The Morgan fingerprint density at radius 3 is 2.42 bits per heavy atom. The van der Waals surface area contributed by atoms with Crippen LogP contribution >= 0.6 is 0 Å². The highest BCUT2D eigenvalue weighted by atomic mass is 16.5. The molecular formula is C20H23N3O3. The molecule has 136 valence electrons. The second-order valence-electron chi connectivity index (χ2n) is 6.15. The first-order valence-electron chi connectivity index (χ1n) is 8.48. The lowest BCUT2D eigenvalue weighted by molar-refractivity contribution is 0.0599. The molecule has 6 nitrogen and oxygen atoms in total. The molecule has 0 unspecified atom stereocenters. The number of methoxy groups -OCH3 is 1. The lowest BCUT2D eigenvalue weighted by Crippen LogP contribution is -2.32. The van der Waals surface area contributed by atoms with E-state index in [1.807, 2.05) is 19.1 Å². The number of carbonyl (C=O) groups excluding carboxylic acids is 2. The van der Waals surface area contributed by atoms with Gasteiger partial charge < -0.3 is 14.6 Å². The number of H-pyrrole nitrogens is 1. The molecule has 1 aromatic heterocycles. The van der Waals surface area contributed by atoms with E-state index < -0.39 is 5.97 Å². The van der Waals surface area contributed by atoms with Gasteiger partial charge in [0.1, 0.15) is 5.69 Å². The van der Waals surface area contributed by atoms with Gasteiger partial charge in [-0.2, -0.15) is 5.26 Å². The summed E-state index contributed by atoms with van der Waals surface area (Å²) in [6.45, 7) is 6.52. The van der Waals surface area contributed by atoms with Gasteiger partial charge in [-0.05, 0) is 43.5 Å². The summed E-state index contributed by atoms with van der Waals surface area (Å²) in [5.41, 5.74) is 3.56. The molecule has 0 fully saturated rings. The molecule has 0 saturated heterocycles. The quantitative estimate of drug-likeness (QED) is 0.807. The van der Waals surface area contributed by atoms with Gasteiger partial charge in [0.25, 0.3) is 5.91 Å². The van der Waals surface area contributed by atoms with Crippen molar-refractivity contribution in [2.24, 2.45) is 0 Å². The number of benzene rings is 1. The predicted octanol–water partition coefficient (Wildman–Crippen LogP) is 3.34. The van der Waals surface area contributed by atoms with Gasteiger partial charge in [-0.15, -0.1) is 0 Å². The first-order chi connectivity index (χ1) is 12.4. The van der Waals surface area contributed by atoms with Crippen LogP contribution in [0.3, 0.4) is 0 Å². The highest BCUT2D eigenvalue weighted by Crippen LogP contribution is 2.21.